The van der Waals surface area contributed by atoms with Crippen molar-refractivity contribution >= 4 is 30.2 Å². The van der Waals surface area contributed by atoms with Crippen molar-refractivity contribution in [3.05, 3.63) is 24.3 Å². The smallest absolute Gasteiger partial charge is 0.309 e. The largest absolute Gasteiger partial charge is 0.462 e. The Morgan fingerprint density at radius 2 is 1.65 bits per heavy atom. The van der Waals surface area contributed by atoms with Crippen molar-refractivity contribution in [2.75, 3.05) is 21.2 Å². The Morgan fingerprint density at radius 3 is 2.23 bits per heavy atom. The van der Waals surface area contributed by atoms with Gasteiger partial charge in [-0.2, -0.15) is 0 Å². The van der Waals surface area contributed by atoms with Gasteiger partial charge in [0.2, 0.25) is 0 Å². The van der Waals surface area contributed by atoms with Crippen molar-refractivity contribution in [2.24, 2.45) is 11.8 Å². The van der Waals surface area contributed by atoms with Crippen molar-refractivity contribution in [2.45, 2.75) is 186 Å². The number of esters is 4. The van der Waals surface area contributed by atoms with Crippen LogP contribution in [0.5, 0.6) is 0 Å². The molecule has 3 heterocycles. The Labute approximate surface area is 354 Å². The number of ether oxygens (including phenoxy) is 9. The molecule has 0 bridgehead atoms. The van der Waals surface area contributed by atoms with Gasteiger partial charge in [-0.25, -0.2) is 0 Å². The minimum Gasteiger partial charge on any atom is -0.462 e. The molecule has 0 aromatic carbocycles. The fourth-order valence-electron chi connectivity index (χ4n) is 8.30. The van der Waals surface area contributed by atoms with Crippen LogP contribution >= 0.6 is 0 Å². The van der Waals surface area contributed by atoms with Crippen LogP contribution in [-0.2, 0) is 66.6 Å². The summed E-state index contributed by atoms with van der Waals surface area (Å²) in [6.07, 6.45) is -3.50. The van der Waals surface area contributed by atoms with Crippen LogP contribution in [-0.4, -0.2) is 152 Å². The van der Waals surface area contributed by atoms with E-state index < -0.39 is 127 Å². The first kappa shape index (κ1) is 51.1. The van der Waals surface area contributed by atoms with Crippen LogP contribution in [0.25, 0.3) is 0 Å². The number of aliphatic hydroxyl groups excluding tert-OH is 1. The molecule has 2 fully saturated rings. The molecule has 0 saturated carbocycles. The van der Waals surface area contributed by atoms with Crippen molar-refractivity contribution in [3.63, 3.8) is 0 Å². The minimum absolute atomic E-state index is 0.0531. The number of cyclic esters (lactones) is 1. The number of rotatable bonds is 13. The Balaban J connectivity index is 2.03. The number of methoxy groups -OCH3 is 1. The van der Waals surface area contributed by atoms with Gasteiger partial charge >= 0.3 is 23.9 Å². The van der Waals surface area contributed by atoms with Gasteiger partial charge in [0.05, 0.1) is 30.8 Å². The van der Waals surface area contributed by atoms with Gasteiger partial charge < -0.3 is 62.5 Å². The first-order chi connectivity index (χ1) is 28.2. The Morgan fingerprint density at radius 1 is 0.967 bits per heavy atom. The van der Waals surface area contributed by atoms with Crippen LogP contribution in [0.1, 0.15) is 100 Å². The maximum atomic E-state index is 13.3. The molecule has 2 saturated heterocycles. The number of nitrogens with zero attached hydrogens (tertiary/aromatic N) is 1. The average Bonchev–Trinajstić information content (AvgIpc) is 3.13. The Hall–Kier alpha value is -3.29. The zero-order valence-corrected chi connectivity index (χ0v) is 37.1. The fraction of sp³-hybridized carbons (Fsp3) is 0.791. The summed E-state index contributed by atoms with van der Waals surface area (Å²) < 4.78 is 54.3. The van der Waals surface area contributed by atoms with Crippen molar-refractivity contribution in [1.29, 1.82) is 0 Å². The van der Waals surface area contributed by atoms with Crippen LogP contribution in [0.4, 0.5) is 0 Å². The lowest BCUT2D eigenvalue weighted by Gasteiger charge is -2.50. The molecule has 0 aromatic heterocycles. The second-order valence-corrected chi connectivity index (χ2v) is 16.7. The van der Waals surface area contributed by atoms with Crippen molar-refractivity contribution < 1.29 is 76.8 Å². The third kappa shape index (κ3) is 14.7. The van der Waals surface area contributed by atoms with Crippen LogP contribution in [0, 0.1) is 11.8 Å². The first-order valence-electron chi connectivity index (χ1n) is 20.9. The lowest BCUT2D eigenvalue weighted by molar-refractivity contribution is -0.344. The summed E-state index contributed by atoms with van der Waals surface area (Å²) in [5, 5.41) is 23.5. The van der Waals surface area contributed by atoms with Gasteiger partial charge in [-0.05, 0) is 72.5 Å². The number of aliphatic hydroxyl groups is 2. The summed E-state index contributed by atoms with van der Waals surface area (Å²) in [6.45, 7) is 12.9. The summed E-state index contributed by atoms with van der Waals surface area (Å²) in [6, 6.07) is -0.800. The highest BCUT2D eigenvalue weighted by atomic mass is 16.7. The van der Waals surface area contributed by atoms with Gasteiger partial charge in [0, 0.05) is 46.6 Å². The van der Waals surface area contributed by atoms with Crippen molar-refractivity contribution in [3.8, 4) is 0 Å². The summed E-state index contributed by atoms with van der Waals surface area (Å²) in [4.78, 5) is 64.6. The molecule has 17 nitrogen and oxygen atoms in total. The average molecular weight is 856 g/mol. The standard InChI is InChI=1S/C43H69NO16/c1-12-16-33(48)58-41-27(5)54-35(23-43(41,8)51)59-38-26(4)55-42(37(50)36(38)44(9)10)60-39-30(19-20-45)21-24(2)31(56-28(6)46)18-15-13-14-17-25(3)53-34(49)22-32(40(39)52-11)57-29(7)47/h13-15,18,20,24-27,30-32,35-42,50-51H,12,16-17,19,21-23H2,1-11H3/b14-13+,18-15+/t24-,25-,26-,27+,30+,31+,32-,35+,36-,37-,38-,39+,40+,41+,42+,43-/m1/s1. The number of hydrogen-bond acceptors (Lipinski definition) is 17. The molecule has 2 N–H and O–H groups in total. The first-order valence-corrected chi connectivity index (χ1v) is 20.9. The zero-order valence-electron chi connectivity index (χ0n) is 37.1. The number of carbonyl (C=O) groups is 5. The van der Waals surface area contributed by atoms with E-state index in [4.69, 9.17) is 42.6 Å². The molecule has 17 heteroatoms. The van der Waals surface area contributed by atoms with E-state index in [1.165, 1.54) is 21.0 Å². The van der Waals surface area contributed by atoms with Crippen LogP contribution in [0.2, 0.25) is 0 Å². The van der Waals surface area contributed by atoms with E-state index in [0.717, 1.165) is 0 Å². The maximum Gasteiger partial charge on any atom is 0.309 e. The monoisotopic (exact) mass is 855 g/mol. The Kier molecular flexibility index (Phi) is 20.3. The molecule has 0 amide bonds. The summed E-state index contributed by atoms with van der Waals surface area (Å²) in [7, 11) is 4.83. The molecule has 3 rings (SSSR count). The van der Waals surface area contributed by atoms with Crippen LogP contribution in [0.15, 0.2) is 24.3 Å². The number of allylic oxidation sites excluding steroid dienone is 2. The van der Waals surface area contributed by atoms with Gasteiger partial charge in [0.15, 0.2) is 18.7 Å². The molecule has 0 radical (unpaired) electrons. The Bertz CT molecular complexity index is 1470. The predicted molar refractivity (Wildman–Crippen MR) is 215 cm³/mol. The quantitative estimate of drug-likeness (QED) is 0.155. The van der Waals surface area contributed by atoms with Crippen LogP contribution in [0.3, 0.4) is 0 Å². The highest BCUT2D eigenvalue weighted by Crippen LogP contribution is 2.38. The van der Waals surface area contributed by atoms with E-state index in [1.807, 2.05) is 13.8 Å². The maximum absolute atomic E-state index is 13.3. The van der Waals surface area contributed by atoms with E-state index in [9.17, 15) is 34.2 Å². The summed E-state index contributed by atoms with van der Waals surface area (Å²) >= 11 is 0. The molecule has 0 aliphatic carbocycles. The molecule has 3 aliphatic heterocycles. The van der Waals surface area contributed by atoms with Gasteiger partial charge in [-0.3, -0.25) is 19.2 Å². The lowest BCUT2D eigenvalue weighted by atomic mass is 9.82. The summed E-state index contributed by atoms with van der Waals surface area (Å²) in [5.41, 5.74) is -1.50. The SMILES string of the molecule is CCCC(=O)O[C@H]1[C@H](C)O[C@@H](O[C@H]2[C@H](N(C)C)[C@@H](O)[C@H](O[C@H]3[C@@H](CC=O)C[C@@H](C)[C@@H](OC(C)=O)/C=C/C=C/C[C@@H](C)OC(=O)C[C@@H](OC(C)=O)[C@@H]3OC)O[C@@H]2C)C[C@@]1(C)O. The molecule has 0 spiro atoms. The third-order valence-corrected chi connectivity index (χ3v) is 11.1. The second kappa shape index (κ2) is 23.8. The topological polar surface area (TPSA) is 212 Å². The predicted octanol–water partition coefficient (Wildman–Crippen LogP) is 3.34. The molecule has 342 valence electrons. The van der Waals surface area contributed by atoms with E-state index in [1.54, 1.807) is 71.0 Å². The molecular formula is C43H69NO16. The molecular weight excluding hydrogens is 786 g/mol. The lowest BCUT2D eigenvalue weighted by Crippen LogP contribution is -2.66. The van der Waals surface area contributed by atoms with Crippen LogP contribution < -0.4 is 0 Å². The molecule has 0 aromatic rings. The highest BCUT2D eigenvalue weighted by Gasteiger charge is 2.53. The van der Waals surface area contributed by atoms with Gasteiger partial charge in [0.25, 0.3) is 0 Å². The number of hydrogen-bond donors (Lipinski definition) is 2. The summed E-state index contributed by atoms with van der Waals surface area (Å²) in [5.74, 6) is -3.46. The highest BCUT2D eigenvalue weighted by molar-refractivity contribution is 5.72. The second-order valence-electron chi connectivity index (χ2n) is 16.7. The van der Waals surface area contributed by atoms with Gasteiger partial charge in [0.1, 0.15) is 48.5 Å². The van der Waals surface area contributed by atoms with E-state index in [0.29, 0.717) is 19.1 Å². The van der Waals surface area contributed by atoms with Gasteiger partial charge in [-0.15, -0.1) is 0 Å². The van der Waals surface area contributed by atoms with Crippen molar-refractivity contribution in [1.82, 2.24) is 4.90 Å². The van der Waals surface area contributed by atoms with E-state index in [2.05, 4.69) is 0 Å². The number of carbonyl (C=O) groups excluding carboxylic acids is 5. The minimum atomic E-state index is -1.50. The zero-order chi connectivity index (χ0) is 44.9. The third-order valence-electron chi connectivity index (χ3n) is 11.1. The normalized spacial score (nSPS) is 39.5. The number of likely N-dealkylation sites (N-methyl/N-ethyl adjacent to an activating group) is 1. The number of aldehydes is 1. The van der Waals surface area contributed by atoms with E-state index >= 15 is 0 Å². The molecule has 0 unspecified atom stereocenters. The molecule has 3 aliphatic rings. The fourth-order valence-corrected chi connectivity index (χ4v) is 8.30. The molecule has 16 atom stereocenters. The van der Waals surface area contributed by atoms with E-state index in [-0.39, 0.29) is 25.7 Å². The van der Waals surface area contributed by atoms with Gasteiger partial charge in [-0.1, -0.05) is 32.1 Å². The molecule has 60 heavy (non-hydrogen) atoms.